The van der Waals surface area contributed by atoms with Gasteiger partial charge in [-0.1, -0.05) is 23.7 Å². The number of amidine groups is 1. The predicted molar refractivity (Wildman–Crippen MR) is 189 cm³/mol. The lowest BCUT2D eigenvalue weighted by molar-refractivity contribution is 0.0741. The molecule has 3 heterocycles. The smallest absolute Gasteiger partial charge is 0.354 e. The fourth-order valence-electron chi connectivity index (χ4n) is 7.28. The van der Waals surface area contributed by atoms with Crippen LogP contribution in [0.2, 0.25) is 5.02 Å². The molecular formula is C37H46ClF2N7O. The molecule has 1 aliphatic carbocycles. The summed E-state index contributed by atoms with van der Waals surface area (Å²) in [4.78, 5) is 23.0. The Kier molecular flexibility index (Phi) is 10.9. The molecule has 4 aromatic rings. The SMILES string of the molecule is CC(=N)NCC[C@@H]1CCC[C@@H](c2ccc(-n3cc4cc(-c5cc(CCCC(N)C6CC6)cc(Cl)c5F)[nH]c4nc3=O)cc2)N1CCCF. The molecule has 0 radical (unpaired) electrons. The fraction of sp³-hybridized carbons (Fsp3) is 0.486. The van der Waals surface area contributed by atoms with Gasteiger partial charge in [0.2, 0.25) is 0 Å². The monoisotopic (exact) mass is 677 g/mol. The summed E-state index contributed by atoms with van der Waals surface area (Å²) < 4.78 is 30.1. The van der Waals surface area contributed by atoms with Crippen LogP contribution in [0.25, 0.3) is 28.0 Å². The van der Waals surface area contributed by atoms with Crippen molar-refractivity contribution < 1.29 is 8.78 Å². The van der Waals surface area contributed by atoms with E-state index < -0.39 is 11.5 Å². The van der Waals surface area contributed by atoms with E-state index in [1.54, 1.807) is 25.3 Å². The summed E-state index contributed by atoms with van der Waals surface area (Å²) in [7, 11) is 0. The number of hydrogen-bond acceptors (Lipinski definition) is 5. The lowest BCUT2D eigenvalue weighted by Crippen LogP contribution is -2.44. The minimum absolute atomic E-state index is 0.0611. The van der Waals surface area contributed by atoms with Crippen LogP contribution in [0.5, 0.6) is 0 Å². The van der Waals surface area contributed by atoms with Gasteiger partial charge in [0.05, 0.1) is 28.9 Å². The molecule has 2 aliphatic rings. The van der Waals surface area contributed by atoms with Crippen molar-refractivity contribution in [3.63, 3.8) is 0 Å². The van der Waals surface area contributed by atoms with Crippen molar-refractivity contribution >= 4 is 28.5 Å². The average Bonchev–Trinajstić information content (AvgIpc) is 3.85. The number of aryl methyl sites for hydroxylation is 1. The van der Waals surface area contributed by atoms with Crippen LogP contribution in [-0.4, -0.2) is 57.1 Å². The number of rotatable bonds is 14. The molecule has 48 heavy (non-hydrogen) atoms. The van der Waals surface area contributed by atoms with Gasteiger partial charge in [0.25, 0.3) is 0 Å². The predicted octanol–water partition coefficient (Wildman–Crippen LogP) is 7.47. The van der Waals surface area contributed by atoms with Crippen LogP contribution in [0.3, 0.4) is 0 Å². The highest BCUT2D eigenvalue weighted by molar-refractivity contribution is 6.31. The van der Waals surface area contributed by atoms with Crippen molar-refractivity contribution in [2.45, 2.75) is 89.3 Å². The summed E-state index contributed by atoms with van der Waals surface area (Å²) in [6, 6.07) is 13.9. The van der Waals surface area contributed by atoms with Gasteiger partial charge in [-0.15, -0.1) is 0 Å². The third-order valence-corrected chi connectivity index (χ3v) is 10.2. The third kappa shape index (κ3) is 7.98. The van der Waals surface area contributed by atoms with Crippen molar-refractivity contribution in [2.75, 3.05) is 19.8 Å². The van der Waals surface area contributed by atoms with E-state index in [1.165, 1.54) is 17.4 Å². The number of piperidine rings is 1. The summed E-state index contributed by atoms with van der Waals surface area (Å²) in [5, 5.41) is 11.5. The zero-order valence-electron chi connectivity index (χ0n) is 27.6. The molecule has 5 N–H and O–H groups in total. The molecule has 1 saturated heterocycles. The number of nitrogens with zero attached hydrogens (tertiary/aromatic N) is 3. The number of nitrogens with two attached hydrogens (primary N) is 1. The van der Waals surface area contributed by atoms with E-state index in [0.717, 1.165) is 62.6 Å². The number of aromatic amines is 1. The van der Waals surface area contributed by atoms with E-state index in [2.05, 4.69) is 20.2 Å². The lowest BCUT2D eigenvalue weighted by Gasteiger charge is -2.43. The number of aromatic nitrogens is 3. The standard InChI is InChI=1S/C37H46ClF2N7O/c1-23(41)43-17-15-28-6-3-8-34(46(28)18-4-16-39)26-11-13-29(14-12-26)47-22-27-21-33(44-36(27)45-37(47)48)30-19-24(20-31(38)35(30)40)5-2-7-32(42)25-9-10-25/h11-14,19-22,25,28,32,34H,2-10,15-18,42H2,1H3,(H2,41,43)(H,44,45,48)/t28-,32?,34-/m0/s1. The second-order valence-corrected chi connectivity index (χ2v) is 13.9. The molecule has 0 amide bonds. The van der Waals surface area contributed by atoms with Crippen LogP contribution in [0.1, 0.15) is 81.9 Å². The van der Waals surface area contributed by atoms with E-state index in [9.17, 15) is 9.18 Å². The summed E-state index contributed by atoms with van der Waals surface area (Å²) in [6.45, 7) is 2.78. The first kappa shape index (κ1) is 34.3. The Bertz CT molecular complexity index is 1790. The zero-order valence-corrected chi connectivity index (χ0v) is 28.3. The van der Waals surface area contributed by atoms with Crippen molar-refractivity contribution in [2.24, 2.45) is 11.7 Å². The quantitative estimate of drug-likeness (QED) is 0.0817. The topological polar surface area (TPSA) is 116 Å². The zero-order chi connectivity index (χ0) is 33.8. The Labute approximate surface area is 285 Å². The molecule has 2 aromatic carbocycles. The van der Waals surface area contributed by atoms with Crippen LogP contribution in [0, 0.1) is 17.1 Å². The highest BCUT2D eigenvalue weighted by atomic mass is 35.5. The van der Waals surface area contributed by atoms with E-state index in [4.69, 9.17) is 22.7 Å². The van der Waals surface area contributed by atoms with Gasteiger partial charge in [-0.3, -0.25) is 19.3 Å². The maximum absolute atomic E-state index is 15.3. The Hall–Kier alpha value is -3.60. The van der Waals surface area contributed by atoms with Gasteiger partial charge in [0, 0.05) is 48.4 Å². The van der Waals surface area contributed by atoms with E-state index >= 15 is 4.39 Å². The van der Waals surface area contributed by atoms with E-state index in [0.29, 0.717) is 58.7 Å². The number of halogens is 3. The second-order valence-electron chi connectivity index (χ2n) is 13.5. The van der Waals surface area contributed by atoms with Crippen LogP contribution in [0.15, 0.2) is 53.5 Å². The molecule has 6 rings (SSSR count). The number of likely N-dealkylation sites (tertiary alicyclic amines) is 1. The van der Waals surface area contributed by atoms with Gasteiger partial charge in [0.1, 0.15) is 5.65 Å². The molecule has 3 atom stereocenters. The minimum atomic E-state index is -0.515. The molecule has 0 spiro atoms. The van der Waals surface area contributed by atoms with E-state index in [-0.39, 0.29) is 23.8 Å². The molecule has 0 bridgehead atoms. The fourth-order valence-corrected chi connectivity index (χ4v) is 7.52. The molecule has 256 valence electrons. The summed E-state index contributed by atoms with van der Waals surface area (Å²) in [6.07, 6.45) is 11.2. The van der Waals surface area contributed by atoms with Crippen molar-refractivity contribution in [3.05, 3.63) is 81.1 Å². The van der Waals surface area contributed by atoms with Gasteiger partial charge in [-0.05, 0) is 119 Å². The van der Waals surface area contributed by atoms with Crippen LogP contribution in [-0.2, 0) is 6.42 Å². The van der Waals surface area contributed by atoms with Gasteiger partial charge in [-0.2, -0.15) is 4.98 Å². The highest BCUT2D eigenvalue weighted by Crippen LogP contribution is 2.37. The molecule has 2 aromatic heterocycles. The number of hydrogen-bond donors (Lipinski definition) is 4. The minimum Gasteiger partial charge on any atom is -0.374 e. The normalized spacial score (nSPS) is 19.1. The van der Waals surface area contributed by atoms with Gasteiger partial charge < -0.3 is 16.0 Å². The Balaban J connectivity index is 1.21. The maximum atomic E-state index is 15.3. The lowest BCUT2D eigenvalue weighted by atomic mass is 9.89. The maximum Gasteiger partial charge on any atom is 0.354 e. The first-order valence-corrected chi connectivity index (χ1v) is 17.7. The largest absolute Gasteiger partial charge is 0.374 e. The molecule has 11 heteroatoms. The average molecular weight is 678 g/mol. The second kappa shape index (κ2) is 15.3. The van der Waals surface area contributed by atoms with Crippen LogP contribution >= 0.6 is 11.6 Å². The van der Waals surface area contributed by atoms with Crippen LogP contribution < -0.4 is 16.7 Å². The molecule has 1 unspecified atom stereocenters. The first-order chi connectivity index (χ1) is 23.2. The summed E-state index contributed by atoms with van der Waals surface area (Å²) >= 11 is 6.33. The van der Waals surface area contributed by atoms with Crippen molar-refractivity contribution in [1.29, 1.82) is 5.41 Å². The Morgan fingerprint density at radius 2 is 1.96 bits per heavy atom. The van der Waals surface area contributed by atoms with Gasteiger partial charge in [-0.25, -0.2) is 9.18 Å². The first-order valence-electron chi connectivity index (χ1n) is 17.3. The summed E-state index contributed by atoms with van der Waals surface area (Å²) in [5.74, 6) is 0.583. The highest BCUT2D eigenvalue weighted by Gasteiger charge is 2.31. The van der Waals surface area contributed by atoms with Gasteiger partial charge in [0.15, 0.2) is 5.82 Å². The number of benzene rings is 2. The van der Waals surface area contributed by atoms with Crippen molar-refractivity contribution in [1.82, 2.24) is 24.8 Å². The third-order valence-electron chi connectivity index (χ3n) is 9.97. The van der Waals surface area contributed by atoms with Gasteiger partial charge >= 0.3 is 5.69 Å². The number of H-pyrrole nitrogens is 1. The molecule has 1 saturated carbocycles. The molecular weight excluding hydrogens is 632 g/mol. The van der Waals surface area contributed by atoms with E-state index in [1.807, 2.05) is 30.3 Å². The molecule has 1 aliphatic heterocycles. The summed E-state index contributed by atoms with van der Waals surface area (Å²) in [5.41, 5.74) is 9.80. The number of nitrogens with one attached hydrogen (secondary N) is 3. The molecule has 2 fully saturated rings. The Morgan fingerprint density at radius 1 is 1.17 bits per heavy atom. The molecule has 8 nitrogen and oxygen atoms in total. The number of alkyl halides is 1. The van der Waals surface area contributed by atoms with Crippen LogP contribution in [0.4, 0.5) is 8.78 Å². The Morgan fingerprint density at radius 3 is 2.69 bits per heavy atom. The van der Waals surface area contributed by atoms with Crippen molar-refractivity contribution in [3.8, 4) is 16.9 Å². The number of fused-ring (bicyclic) bond motifs is 1.